The molecular weight excluding hydrogens is 470 g/mol. The van der Waals surface area contributed by atoms with Gasteiger partial charge in [-0.3, -0.25) is 9.48 Å². The number of anilines is 2. The van der Waals surface area contributed by atoms with Crippen LogP contribution in [0.25, 0.3) is 0 Å². The van der Waals surface area contributed by atoms with Crippen molar-refractivity contribution in [2.75, 3.05) is 30.8 Å². The predicted octanol–water partition coefficient (Wildman–Crippen LogP) is 4.69. The summed E-state index contributed by atoms with van der Waals surface area (Å²) < 4.78 is 6.77. The summed E-state index contributed by atoms with van der Waals surface area (Å²) in [6, 6.07) is 10.1. The number of thiophene rings is 1. The number of nitrogens with one attached hydrogen (secondary N) is 2. The molecule has 34 heavy (non-hydrogen) atoms. The Bertz CT molecular complexity index is 1180. The van der Waals surface area contributed by atoms with Gasteiger partial charge in [0.25, 0.3) is 5.91 Å². The van der Waals surface area contributed by atoms with E-state index in [1.165, 1.54) is 24.0 Å². The fraction of sp³-hybridized carbons (Fsp3) is 0.333. The summed E-state index contributed by atoms with van der Waals surface area (Å²) in [5, 5.41) is 11.3. The quantitative estimate of drug-likeness (QED) is 0.343. The fourth-order valence-corrected chi connectivity index (χ4v) is 4.89. The Labute approximate surface area is 208 Å². The van der Waals surface area contributed by atoms with E-state index < -0.39 is 5.97 Å². The van der Waals surface area contributed by atoms with Crippen molar-refractivity contribution < 1.29 is 14.3 Å². The molecule has 3 aromatic rings. The lowest BCUT2D eigenvalue weighted by molar-refractivity contribution is 0.0601. The highest BCUT2D eigenvalue weighted by Crippen LogP contribution is 2.34. The van der Waals surface area contributed by atoms with E-state index >= 15 is 0 Å². The average Bonchev–Trinajstić information content (AvgIpc) is 3.38. The first-order valence-electron chi connectivity index (χ1n) is 10.9. The van der Waals surface area contributed by atoms with Gasteiger partial charge in [0.05, 0.1) is 24.1 Å². The first kappa shape index (κ1) is 25.4. The van der Waals surface area contributed by atoms with Crippen molar-refractivity contribution in [2.24, 2.45) is 0 Å². The smallest absolute Gasteiger partial charge is 0.341 e. The summed E-state index contributed by atoms with van der Waals surface area (Å²) in [5.41, 5.74) is 3.22. The molecule has 0 aliphatic carbocycles. The van der Waals surface area contributed by atoms with Gasteiger partial charge in [-0.2, -0.15) is 5.10 Å². The van der Waals surface area contributed by atoms with E-state index in [1.807, 2.05) is 30.8 Å². The number of benzene rings is 1. The molecule has 0 saturated carbocycles. The van der Waals surface area contributed by atoms with Gasteiger partial charge in [0.2, 0.25) is 0 Å². The van der Waals surface area contributed by atoms with Crippen LogP contribution in [0, 0.1) is 13.8 Å². The van der Waals surface area contributed by atoms with Crippen LogP contribution in [0.5, 0.6) is 0 Å². The molecule has 10 heteroatoms. The Morgan fingerprint density at radius 3 is 2.41 bits per heavy atom. The normalized spacial score (nSPS) is 10.6. The van der Waals surface area contributed by atoms with Crippen molar-refractivity contribution in [2.45, 2.75) is 34.2 Å². The highest BCUT2D eigenvalue weighted by molar-refractivity contribution is 7.80. The second kappa shape index (κ2) is 11.3. The minimum atomic E-state index is -0.528. The Morgan fingerprint density at radius 1 is 1.12 bits per heavy atom. The zero-order valence-corrected chi connectivity index (χ0v) is 21.6. The number of carbonyl (C=O) groups is 2. The van der Waals surface area contributed by atoms with Gasteiger partial charge in [0.1, 0.15) is 5.00 Å². The molecule has 0 bridgehead atoms. The Balaban J connectivity index is 1.75. The van der Waals surface area contributed by atoms with Crippen LogP contribution in [0.2, 0.25) is 0 Å². The van der Waals surface area contributed by atoms with Crippen molar-refractivity contribution >= 4 is 51.4 Å². The third-order valence-electron chi connectivity index (χ3n) is 5.36. The number of amides is 1. The van der Waals surface area contributed by atoms with Gasteiger partial charge in [-0.15, -0.1) is 11.3 Å². The number of thiocarbonyl (C=S) groups is 1. The fourth-order valence-electron chi connectivity index (χ4n) is 3.46. The largest absolute Gasteiger partial charge is 0.465 e. The van der Waals surface area contributed by atoms with Crippen LogP contribution in [0.15, 0.2) is 36.5 Å². The van der Waals surface area contributed by atoms with Crippen molar-refractivity contribution in [1.82, 2.24) is 14.7 Å². The molecule has 180 valence electrons. The van der Waals surface area contributed by atoms with Gasteiger partial charge in [-0.25, -0.2) is 4.79 Å². The third-order valence-corrected chi connectivity index (χ3v) is 6.76. The van der Waals surface area contributed by atoms with Gasteiger partial charge in [-0.05, 0) is 51.0 Å². The SMILES string of the molecule is CCN(CC)C(=O)c1sc(NC(=S)Nc2ccn(Cc3ccc(C)cc3)n2)c(C(=O)OC)c1C. The summed E-state index contributed by atoms with van der Waals surface area (Å²) in [6.07, 6.45) is 1.86. The second-order valence-corrected chi connectivity index (χ2v) is 9.12. The molecule has 3 rings (SSSR count). The highest BCUT2D eigenvalue weighted by Gasteiger charge is 2.27. The molecule has 0 unspecified atom stereocenters. The predicted molar refractivity (Wildman–Crippen MR) is 140 cm³/mol. The Morgan fingerprint density at radius 2 is 1.79 bits per heavy atom. The van der Waals surface area contributed by atoms with Gasteiger partial charge >= 0.3 is 5.97 Å². The second-order valence-electron chi connectivity index (χ2n) is 7.69. The van der Waals surface area contributed by atoms with Crippen LogP contribution in [-0.2, 0) is 11.3 Å². The van der Waals surface area contributed by atoms with E-state index in [-0.39, 0.29) is 11.0 Å². The molecule has 0 fully saturated rings. The van der Waals surface area contributed by atoms with Crippen molar-refractivity contribution in [1.29, 1.82) is 0 Å². The van der Waals surface area contributed by atoms with Gasteiger partial charge in [0.15, 0.2) is 10.9 Å². The monoisotopic (exact) mass is 499 g/mol. The minimum Gasteiger partial charge on any atom is -0.465 e. The molecule has 0 spiro atoms. The lowest BCUT2D eigenvalue weighted by atomic mass is 10.1. The molecule has 0 radical (unpaired) electrons. The number of rotatable bonds is 8. The highest BCUT2D eigenvalue weighted by atomic mass is 32.1. The van der Waals surface area contributed by atoms with E-state index in [2.05, 4.69) is 46.9 Å². The molecule has 1 amide bonds. The molecule has 2 aromatic heterocycles. The first-order valence-corrected chi connectivity index (χ1v) is 12.2. The molecule has 1 aromatic carbocycles. The lowest BCUT2D eigenvalue weighted by Gasteiger charge is -2.17. The summed E-state index contributed by atoms with van der Waals surface area (Å²) >= 11 is 6.64. The van der Waals surface area contributed by atoms with E-state index in [4.69, 9.17) is 17.0 Å². The molecule has 0 aliphatic rings. The zero-order valence-electron chi connectivity index (χ0n) is 20.0. The standard InChI is InChI=1S/C24H29N5O3S2/c1-6-28(7-2)22(30)20-16(4)19(23(31)32-5)21(34-20)26-24(33)25-18-12-13-29(27-18)14-17-10-8-15(3)9-11-17/h8-13H,6-7,14H2,1-5H3,(H2,25,26,27,33). The number of ether oxygens (including phenoxy) is 1. The number of esters is 1. The van der Waals surface area contributed by atoms with Gasteiger partial charge in [0, 0.05) is 25.4 Å². The van der Waals surface area contributed by atoms with Crippen molar-refractivity contribution in [3.05, 3.63) is 63.7 Å². The minimum absolute atomic E-state index is 0.126. The summed E-state index contributed by atoms with van der Waals surface area (Å²) in [4.78, 5) is 27.6. The Hall–Kier alpha value is -3.24. The zero-order chi connectivity index (χ0) is 24.8. The number of hydrogen-bond acceptors (Lipinski definition) is 6. The van der Waals surface area contributed by atoms with Crippen molar-refractivity contribution in [3.63, 3.8) is 0 Å². The summed E-state index contributed by atoms with van der Waals surface area (Å²) in [5.74, 6) is -0.0867. The maximum atomic E-state index is 12.9. The van der Waals surface area contributed by atoms with Crippen LogP contribution in [0.1, 0.15) is 50.6 Å². The topological polar surface area (TPSA) is 88.5 Å². The molecule has 0 atom stereocenters. The molecule has 0 aliphatic heterocycles. The molecule has 2 heterocycles. The van der Waals surface area contributed by atoms with Crippen LogP contribution in [-0.4, -0.2) is 51.9 Å². The summed E-state index contributed by atoms with van der Waals surface area (Å²) in [6.45, 7) is 9.42. The number of methoxy groups -OCH3 is 1. The van der Waals surface area contributed by atoms with E-state index in [0.29, 0.717) is 46.5 Å². The van der Waals surface area contributed by atoms with Crippen LogP contribution in [0.4, 0.5) is 10.8 Å². The molecule has 0 saturated heterocycles. The van der Waals surface area contributed by atoms with Gasteiger partial charge < -0.3 is 20.3 Å². The van der Waals surface area contributed by atoms with Crippen LogP contribution >= 0.6 is 23.6 Å². The van der Waals surface area contributed by atoms with E-state index in [0.717, 1.165) is 5.56 Å². The van der Waals surface area contributed by atoms with E-state index in [9.17, 15) is 9.59 Å². The summed E-state index contributed by atoms with van der Waals surface area (Å²) in [7, 11) is 1.31. The number of nitrogens with zero attached hydrogens (tertiary/aromatic N) is 3. The maximum Gasteiger partial charge on any atom is 0.341 e. The van der Waals surface area contributed by atoms with Crippen LogP contribution < -0.4 is 10.6 Å². The van der Waals surface area contributed by atoms with Gasteiger partial charge in [-0.1, -0.05) is 29.8 Å². The number of aromatic nitrogens is 2. The maximum absolute atomic E-state index is 12.9. The molecule has 8 nitrogen and oxygen atoms in total. The number of carbonyl (C=O) groups excluding carboxylic acids is 2. The number of hydrogen-bond donors (Lipinski definition) is 2. The van der Waals surface area contributed by atoms with E-state index in [1.54, 1.807) is 11.8 Å². The molecule has 2 N–H and O–H groups in total. The van der Waals surface area contributed by atoms with Crippen molar-refractivity contribution in [3.8, 4) is 0 Å². The van der Waals surface area contributed by atoms with Crippen LogP contribution in [0.3, 0.4) is 0 Å². The average molecular weight is 500 g/mol. The third kappa shape index (κ3) is 5.81. The molecular formula is C24H29N5O3S2. The lowest BCUT2D eigenvalue weighted by Crippen LogP contribution is -2.30. The Kier molecular flexibility index (Phi) is 8.41. The number of aryl methyl sites for hydroxylation is 1. The first-order chi connectivity index (χ1) is 16.3.